The monoisotopic (exact) mass is 727 g/mol. The van der Waals surface area contributed by atoms with Crippen molar-refractivity contribution in [3.8, 4) is 0 Å². The van der Waals surface area contributed by atoms with Crippen molar-refractivity contribution in [2.45, 2.75) is 135 Å². The number of carbonyl (C=O) groups is 2. The van der Waals surface area contributed by atoms with Gasteiger partial charge in [0, 0.05) is 24.7 Å². The number of nitrogens with zero attached hydrogens (tertiary/aromatic N) is 1. The molecule has 15 heteroatoms. The Bertz CT molecular complexity index is 1340. The summed E-state index contributed by atoms with van der Waals surface area (Å²) in [6, 6.07) is 4.52. The zero-order valence-corrected chi connectivity index (χ0v) is 31.4. The summed E-state index contributed by atoms with van der Waals surface area (Å²) >= 11 is 13.1. The maximum absolute atomic E-state index is 13.2. The molecular weight excluding hydrogens is 682 g/mol. The van der Waals surface area contributed by atoms with Gasteiger partial charge in [0.05, 0.1) is 19.0 Å². The number of alkyl halides is 3. The molecule has 0 aliphatic carbocycles. The molecule has 45 heavy (non-hydrogen) atoms. The molecule has 0 saturated heterocycles. The van der Waals surface area contributed by atoms with E-state index in [1.54, 1.807) is 29.6 Å². The summed E-state index contributed by atoms with van der Waals surface area (Å²) in [5, 5.41) is -0.611. The molecule has 0 saturated carbocycles. The van der Waals surface area contributed by atoms with E-state index in [9.17, 15) is 31.2 Å². The molecule has 0 N–H and O–H groups in total. The average molecular weight is 728 g/mol. The molecule has 2 rings (SSSR count). The lowest BCUT2D eigenvalue weighted by Crippen LogP contribution is -2.45. The number of amides is 2. The van der Waals surface area contributed by atoms with E-state index in [2.05, 4.69) is 52.7 Å². The quantitative estimate of drug-likeness (QED) is 0.0719. The van der Waals surface area contributed by atoms with Crippen LogP contribution in [0.3, 0.4) is 0 Å². The number of halogens is 3. The first kappa shape index (κ1) is 40.7. The second-order valence-electron chi connectivity index (χ2n) is 12.6. The molecule has 6 unspecified atom stereocenters. The fourth-order valence-corrected chi connectivity index (χ4v) is 9.22. The number of hydrogen-bond acceptors (Lipinski definition) is 9. The molecule has 6 nitrogen and oxygen atoms in total. The summed E-state index contributed by atoms with van der Waals surface area (Å²) in [5.41, 5.74) is -5.59. The lowest BCUT2D eigenvalue weighted by atomic mass is 9.76. The SMILES string of the molecule is [B]C(C)(S)C(C)(CC)SC(CCC)C(SC(C)(CC)CCC(C)(S)CC)c1ccc2c(c1)C(=O)N(OS(=O)(=O)C(F)(F)F)C2=O. The number of carbonyl (C=O) groups excluding carboxylic acids is 2. The second kappa shape index (κ2) is 15.0. The fourth-order valence-electron chi connectivity index (χ4n) is 4.77. The van der Waals surface area contributed by atoms with Gasteiger partial charge < -0.3 is 0 Å². The number of hydroxylamine groups is 2. The lowest BCUT2D eigenvalue weighted by molar-refractivity contribution is -0.0748. The van der Waals surface area contributed by atoms with E-state index >= 15 is 0 Å². The molecule has 6 atom stereocenters. The van der Waals surface area contributed by atoms with Crippen LogP contribution in [0.4, 0.5) is 13.2 Å². The van der Waals surface area contributed by atoms with Crippen molar-refractivity contribution in [2.75, 3.05) is 0 Å². The topological polar surface area (TPSA) is 80.8 Å². The van der Waals surface area contributed by atoms with E-state index in [-0.39, 0.29) is 36.2 Å². The van der Waals surface area contributed by atoms with Crippen LogP contribution in [0.15, 0.2) is 18.2 Å². The van der Waals surface area contributed by atoms with Gasteiger partial charge in [-0.15, -0.1) is 32.9 Å². The maximum atomic E-state index is 13.2. The molecule has 254 valence electrons. The summed E-state index contributed by atoms with van der Waals surface area (Å²) in [6.45, 7) is 16.6. The fraction of sp³-hybridized carbons (Fsp3) is 0.733. The van der Waals surface area contributed by atoms with Crippen LogP contribution in [0.2, 0.25) is 0 Å². The van der Waals surface area contributed by atoms with Crippen molar-refractivity contribution < 1.29 is 35.5 Å². The van der Waals surface area contributed by atoms with Gasteiger partial charge in [0.25, 0.3) is 11.8 Å². The van der Waals surface area contributed by atoms with E-state index in [0.29, 0.717) is 5.56 Å². The van der Waals surface area contributed by atoms with Crippen LogP contribution >= 0.6 is 48.8 Å². The van der Waals surface area contributed by atoms with E-state index in [4.69, 9.17) is 33.1 Å². The Labute approximate surface area is 287 Å². The average Bonchev–Trinajstić information content (AvgIpc) is 3.17. The standard InChI is InChI=1S/C30H45BF3NO5S5/c1-9-13-22(43-28(7,12-4)29(8,31)42)23(44-27(6,11-3)17-16-26(5,41)10-2)19-14-15-20-21(18-19)25(37)35(24(20)36)40-45(38,39)30(32,33)34/h14-15,18,22-23,41-42H,9-13,16-17H2,1-8H3. The van der Waals surface area contributed by atoms with Gasteiger partial charge in [0.2, 0.25) is 0 Å². The van der Waals surface area contributed by atoms with Gasteiger partial charge in [-0.2, -0.15) is 46.8 Å². The van der Waals surface area contributed by atoms with Crippen molar-refractivity contribution in [3.63, 3.8) is 0 Å². The van der Waals surface area contributed by atoms with Gasteiger partial charge in [-0.3, -0.25) is 9.59 Å². The van der Waals surface area contributed by atoms with Gasteiger partial charge in [-0.1, -0.05) is 61.0 Å². The number of thioether (sulfide) groups is 2. The minimum Gasteiger partial charge on any atom is -0.266 e. The molecule has 1 aromatic carbocycles. The van der Waals surface area contributed by atoms with Crippen LogP contribution in [0.5, 0.6) is 0 Å². The third-order valence-corrected chi connectivity index (χ3v) is 15.1. The van der Waals surface area contributed by atoms with Crippen LogP contribution in [-0.2, 0) is 14.4 Å². The Morgan fingerprint density at radius 3 is 1.96 bits per heavy atom. The van der Waals surface area contributed by atoms with Crippen molar-refractivity contribution in [1.82, 2.24) is 5.06 Å². The number of benzene rings is 1. The molecule has 2 amide bonds. The van der Waals surface area contributed by atoms with Gasteiger partial charge >= 0.3 is 15.6 Å². The van der Waals surface area contributed by atoms with Crippen LogP contribution in [-0.4, -0.2) is 62.8 Å². The van der Waals surface area contributed by atoms with Gasteiger partial charge in [0.15, 0.2) is 0 Å². The molecule has 1 aromatic rings. The van der Waals surface area contributed by atoms with E-state index in [1.807, 2.05) is 6.92 Å². The molecule has 1 heterocycles. The molecule has 0 spiro atoms. The Kier molecular flexibility index (Phi) is 13.5. The summed E-state index contributed by atoms with van der Waals surface area (Å²) in [7, 11) is 0.327. The third-order valence-electron chi connectivity index (χ3n) is 8.84. The zero-order chi connectivity index (χ0) is 34.8. The second-order valence-corrected chi connectivity index (χ2v) is 19.6. The highest BCUT2D eigenvalue weighted by atomic mass is 32.2. The predicted octanol–water partition coefficient (Wildman–Crippen LogP) is 8.77. The summed E-state index contributed by atoms with van der Waals surface area (Å²) in [6.07, 6.45) is 5.79. The maximum Gasteiger partial charge on any atom is 0.525 e. The Balaban J connectivity index is 2.67. The first-order valence-electron chi connectivity index (χ1n) is 15.0. The minimum absolute atomic E-state index is 0.0392. The molecule has 1 aliphatic rings. The highest BCUT2D eigenvalue weighted by molar-refractivity contribution is 8.05. The van der Waals surface area contributed by atoms with E-state index < -0.39 is 36.8 Å². The summed E-state index contributed by atoms with van der Waals surface area (Å²) in [4.78, 5) is 26.0. The van der Waals surface area contributed by atoms with Crippen LogP contribution in [0.1, 0.15) is 132 Å². The molecule has 0 fully saturated rings. The molecule has 0 bridgehead atoms. The number of hydrogen-bond donors (Lipinski definition) is 2. The van der Waals surface area contributed by atoms with Gasteiger partial charge in [0.1, 0.15) is 0 Å². The first-order valence-corrected chi connectivity index (χ1v) is 19.1. The molecule has 0 aromatic heterocycles. The number of fused-ring (bicyclic) bond motifs is 1. The predicted molar refractivity (Wildman–Crippen MR) is 187 cm³/mol. The lowest BCUT2D eigenvalue weighted by Gasteiger charge is -2.45. The van der Waals surface area contributed by atoms with E-state index in [0.717, 1.165) is 44.9 Å². The number of rotatable bonds is 17. The van der Waals surface area contributed by atoms with Crippen molar-refractivity contribution in [1.29, 1.82) is 0 Å². The van der Waals surface area contributed by atoms with Crippen molar-refractivity contribution in [2.24, 2.45) is 0 Å². The van der Waals surface area contributed by atoms with Gasteiger partial charge in [-0.05, 0) is 67.8 Å². The van der Waals surface area contributed by atoms with Crippen LogP contribution in [0, 0.1) is 0 Å². The Morgan fingerprint density at radius 1 is 0.911 bits per heavy atom. The van der Waals surface area contributed by atoms with E-state index in [1.165, 1.54) is 12.1 Å². The Hall–Kier alpha value is -0.475. The normalized spacial score (nSPS) is 21.0. The van der Waals surface area contributed by atoms with Crippen molar-refractivity contribution in [3.05, 3.63) is 34.9 Å². The molecule has 2 radical (unpaired) electrons. The van der Waals surface area contributed by atoms with Crippen LogP contribution in [0.25, 0.3) is 0 Å². The zero-order valence-electron chi connectivity index (χ0n) is 27.2. The highest BCUT2D eigenvalue weighted by Gasteiger charge is 2.52. The number of imide groups is 1. The molecular formula is C30H45BF3NO5S5. The van der Waals surface area contributed by atoms with Crippen molar-refractivity contribution >= 4 is 78.6 Å². The van der Waals surface area contributed by atoms with Crippen LogP contribution < -0.4 is 0 Å². The third kappa shape index (κ3) is 9.58. The van der Waals surface area contributed by atoms with Gasteiger partial charge in [-0.25, -0.2) is 0 Å². The molecule has 1 aliphatic heterocycles. The summed E-state index contributed by atoms with van der Waals surface area (Å²) in [5.74, 6) is -2.56. The Morgan fingerprint density at radius 2 is 1.49 bits per heavy atom. The summed E-state index contributed by atoms with van der Waals surface area (Å²) < 4.78 is 64.7. The number of thiol groups is 2. The largest absolute Gasteiger partial charge is 0.525 e. The highest BCUT2D eigenvalue weighted by Crippen LogP contribution is 2.54. The smallest absolute Gasteiger partial charge is 0.266 e. The minimum atomic E-state index is -6.25. The first-order chi connectivity index (χ1) is 20.4.